The van der Waals surface area contributed by atoms with E-state index in [1.165, 1.54) is 18.2 Å². The van der Waals surface area contributed by atoms with Gasteiger partial charge in [0.1, 0.15) is 11.6 Å². The molecule has 0 aliphatic rings. The molecule has 0 aliphatic carbocycles. The Bertz CT molecular complexity index is 600. The van der Waals surface area contributed by atoms with Gasteiger partial charge in [-0.2, -0.15) is 0 Å². The van der Waals surface area contributed by atoms with Crippen molar-refractivity contribution in [1.29, 1.82) is 0 Å². The number of aromatic carboxylic acids is 1. The summed E-state index contributed by atoms with van der Waals surface area (Å²) in [5.41, 5.74) is 5.62. The number of carboxylic acids is 1. The van der Waals surface area contributed by atoms with Crippen LogP contribution in [0.4, 0.5) is 5.69 Å². The van der Waals surface area contributed by atoms with Crippen molar-refractivity contribution in [2.24, 2.45) is 0 Å². The number of nitrogen functional groups attached to an aromatic ring is 1. The zero-order chi connectivity index (χ0) is 11.0. The second kappa shape index (κ2) is 3.13. The minimum atomic E-state index is -1.52. The van der Waals surface area contributed by atoms with Crippen molar-refractivity contribution in [3.63, 3.8) is 0 Å². The number of anilines is 1. The molecule has 0 aliphatic heterocycles. The van der Waals surface area contributed by atoms with Gasteiger partial charge in [0.15, 0.2) is 11.2 Å². The molecule has 0 bridgehead atoms. The monoisotopic (exact) mass is 204 g/mol. The van der Waals surface area contributed by atoms with Gasteiger partial charge in [-0.15, -0.1) is 0 Å². The van der Waals surface area contributed by atoms with Crippen LogP contribution in [0.25, 0.3) is 11.0 Å². The van der Waals surface area contributed by atoms with Crippen LogP contribution < -0.4 is 16.3 Å². The van der Waals surface area contributed by atoms with Gasteiger partial charge in [0, 0.05) is 11.8 Å². The van der Waals surface area contributed by atoms with E-state index in [9.17, 15) is 14.7 Å². The third-order valence-electron chi connectivity index (χ3n) is 1.95. The summed E-state index contributed by atoms with van der Waals surface area (Å²) in [5, 5.41) is 10.7. The quantitative estimate of drug-likeness (QED) is 0.645. The van der Waals surface area contributed by atoms with Gasteiger partial charge in [0.2, 0.25) is 0 Å². The molecule has 2 rings (SSSR count). The Labute approximate surface area is 83.7 Å². The van der Waals surface area contributed by atoms with Crippen molar-refractivity contribution >= 4 is 22.6 Å². The number of hydrogen-bond donors (Lipinski definition) is 1. The van der Waals surface area contributed by atoms with E-state index in [1.807, 2.05) is 0 Å². The third-order valence-corrected chi connectivity index (χ3v) is 1.95. The number of carbonyl (C=O) groups excluding carboxylic acids is 1. The van der Waals surface area contributed by atoms with Gasteiger partial charge in [-0.05, 0) is 18.2 Å². The van der Waals surface area contributed by atoms with E-state index in [4.69, 9.17) is 10.2 Å². The summed E-state index contributed by atoms with van der Waals surface area (Å²) in [6.45, 7) is 0. The number of carbonyl (C=O) groups is 1. The Morgan fingerprint density at radius 2 is 2.07 bits per heavy atom. The number of hydrogen-bond acceptors (Lipinski definition) is 5. The van der Waals surface area contributed by atoms with Gasteiger partial charge in [0.05, 0.1) is 5.39 Å². The molecule has 0 fully saturated rings. The smallest absolute Gasteiger partial charge is 0.193 e. The highest BCUT2D eigenvalue weighted by Gasteiger charge is 2.05. The van der Waals surface area contributed by atoms with Crippen molar-refractivity contribution in [3.8, 4) is 0 Å². The highest BCUT2D eigenvalue weighted by molar-refractivity contribution is 5.87. The molecule has 2 aromatic rings. The lowest BCUT2D eigenvalue weighted by molar-refractivity contribution is -0.257. The van der Waals surface area contributed by atoms with Gasteiger partial charge in [0.25, 0.3) is 0 Å². The van der Waals surface area contributed by atoms with E-state index < -0.39 is 17.2 Å². The lowest BCUT2D eigenvalue weighted by atomic mass is 10.2. The fourth-order valence-corrected chi connectivity index (χ4v) is 1.27. The lowest BCUT2D eigenvalue weighted by Crippen LogP contribution is -2.23. The first kappa shape index (κ1) is 9.26. The van der Waals surface area contributed by atoms with E-state index in [0.717, 1.165) is 6.07 Å². The average molecular weight is 204 g/mol. The fraction of sp³-hybridized carbons (Fsp3) is 0. The maximum atomic E-state index is 11.4. The molecule has 1 aromatic carbocycles. The zero-order valence-corrected chi connectivity index (χ0v) is 7.52. The largest absolute Gasteiger partial charge is 0.542 e. The van der Waals surface area contributed by atoms with Crippen LogP contribution in [0.2, 0.25) is 0 Å². The molecule has 0 unspecified atom stereocenters. The first-order chi connectivity index (χ1) is 7.08. The summed E-state index contributed by atoms with van der Waals surface area (Å²) in [5.74, 6) is -2.01. The van der Waals surface area contributed by atoms with Crippen LogP contribution in [0, 0.1) is 0 Å². The standard InChI is InChI=1S/C10H7NO4/c11-5-1-2-8-6(3-5)7(12)4-9(15-8)10(13)14/h1-4H,11H2,(H,13,14)/p-1. The molecular weight excluding hydrogens is 198 g/mol. The van der Waals surface area contributed by atoms with Crippen molar-refractivity contribution in [1.82, 2.24) is 0 Å². The minimum Gasteiger partial charge on any atom is -0.542 e. The fourth-order valence-electron chi connectivity index (χ4n) is 1.27. The molecule has 5 nitrogen and oxygen atoms in total. The second-order valence-electron chi connectivity index (χ2n) is 3.02. The molecule has 0 radical (unpaired) electrons. The van der Waals surface area contributed by atoms with Crippen LogP contribution >= 0.6 is 0 Å². The van der Waals surface area contributed by atoms with E-state index in [-0.39, 0.29) is 11.0 Å². The molecule has 1 aromatic heterocycles. The first-order valence-corrected chi connectivity index (χ1v) is 4.12. The predicted octanol–water partition coefficient (Wildman–Crippen LogP) is -0.261. The average Bonchev–Trinajstić information content (AvgIpc) is 2.18. The van der Waals surface area contributed by atoms with Gasteiger partial charge in [-0.1, -0.05) is 0 Å². The van der Waals surface area contributed by atoms with Gasteiger partial charge in [-0.3, -0.25) is 4.79 Å². The summed E-state index contributed by atoms with van der Waals surface area (Å²) in [6.07, 6.45) is 0. The van der Waals surface area contributed by atoms with Crippen molar-refractivity contribution in [2.45, 2.75) is 0 Å². The molecule has 2 N–H and O–H groups in total. The van der Waals surface area contributed by atoms with Crippen LogP contribution in [0.3, 0.4) is 0 Å². The highest BCUT2D eigenvalue weighted by atomic mass is 16.4. The predicted molar refractivity (Wildman–Crippen MR) is 51.2 cm³/mol. The Hall–Kier alpha value is -2.30. The topological polar surface area (TPSA) is 96.4 Å². The lowest BCUT2D eigenvalue weighted by Gasteiger charge is -2.03. The summed E-state index contributed by atoms with van der Waals surface area (Å²) < 4.78 is 4.94. The SMILES string of the molecule is Nc1ccc2oc(C(=O)[O-])cc(=O)c2c1. The van der Waals surface area contributed by atoms with Gasteiger partial charge in [-0.25, -0.2) is 0 Å². The zero-order valence-electron chi connectivity index (χ0n) is 7.52. The van der Waals surface area contributed by atoms with E-state index in [2.05, 4.69) is 0 Å². The van der Waals surface area contributed by atoms with Crippen LogP contribution in [-0.4, -0.2) is 5.97 Å². The molecule has 1 heterocycles. The molecule has 0 amide bonds. The Morgan fingerprint density at radius 1 is 1.33 bits per heavy atom. The molecule has 0 saturated heterocycles. The van der Waals surface area contributed by atoms with Crippen LogP contribution in [-0.2, 0) is 0 Å². The molecular formula is C10H6NO4-. The second-order valence-corrected chi connectivity index (χ2v) is 3.02. The summed E-state index contributed by atoms with van der Waals surface area (Å²) in [4.78, 5) is 21.9. The van der Waals surface area contributed by atoms with Crippen molar-refractivity contribution in [3.05, 3.63) is 40.2 Å². The van der Waals surface area contributed by atoms with Crippen LogP contribution in [0.1, 0.15) is 10.6 Å². The van der Waals surface area contributed by atoms with Gasteiger partial charge >= 0.3 is 0 Å². The van der Waals surface area contributed by atoms with Crippen molar-refractivity contribution in [2.75, 3.05) is 5.73 Å². The number of carboxylic acid groups (broad SMARTS) is 1. The minimum absolute atomic E-state index is 0.177. The molecule has 15 heavy (non-hydrogen) atoms. The maximum Gasteiger partial charge on any atom is 0.193 e. The number of fused-ring (bicyclic) bond motifs is 1. The molecule has 76 valence electrons. The summed E-state index contributed by atoms with van der Waals surface area (Å²) in [6, 6.07) is 5.26. The van der Waals surface area contributed by atoms with Crippen LogP contribution in [0.15, 0.2) is 33.5 Å². The molecule has 0 spiro atoms. The normalized spacial score (nSPS) is 10.4. The van der Waals surface area contributed by atoms with Gasteiger partial charge < -0.3 is 20.1 Å². The van der Waals surface area contributed by atoms with E-state index >= 15 is 0 Å². The maximum absolute atomic E-state index is 11.4. The summed E-state index contributed by atoms with van der Waals surface area (Å²) in [7, 11) is 0. The highest BCUT2D eigenvalue weighted by Crippen LogP contribution is 2.15. The summed E-state index contributed by atoms with van der Waals surface area (Å²) >= 11 is 0. The Kier molecular flexibility index (Phi) is 1.93. The van der Waals surface area contributed by atoms with E-state index in [1.54, 1.807) is 0 Å². The first-order valence-electron chi connectivity index (χ1n) is 4.12. The molecule has 5 heteroatoms. The van der Waals surface area contributed by atoms with E-state index in [0.29, 0.717) is 5.69 Å². The Balaban J connectivity index is 2.84. The number of benzene rings is 1. The van der Waals surface area contributed by atoms with Crippen molar-refractivity contribution < 1.29 is 14.3 Å². The molecule has 0 saturated carbocycles. The molecule has 0 atom stereocenters. The number of nitrogens with two attached hydrogens (primary N) is 1. The third kappa shape index (κ3) is 1.54. The van der Waals surface area contributed by atoms with Crippen LogP contribution in [0.5, 0.6) is 0 Å². The number of rotatable bonds is 1. The Morgan fingerprint density at radius 3 is 2.73 bits per heavy atom.